The summed E-state index contributed by atoms with van der Waals surface area (Å²) in [6.45, 7) is 2.90. The van der Waals surface area contributed by atoms with Crippen molar-refractivity contribution in [2.45, 2.75) is 36.7 Å². The lowest BCUT2D eigenvalue weighted by molar-refractivity contribution is -0.0756. The molecule has 1 spiro atoms. The zero-order valence-electron chi connectivity index (χ0n) is 16.8. The number of hydrogen-bond donors (Lipinski definition) is 0. The van der Waals surface area contributed by atoms with Crippen LogP contribution >= 0.6 is 11.6 Å². The standard InChI is InChI=1S/C21H21ClFN3O4S/c1-13-10-30-19-15(6-7-18(22)24-19)20(27)26(13)14-8-21(9-14)11-25(12-21)31(28,29)17-5-3-2-4-16(17)23/h2-7,13-14H,8-12H2,1H3/t13-/m1/s1. The molecule has 1 aliphatic carbocycles. The van der Waals surface area contributed by atoms with Crippen LogP contribution in [0.3, 0.4) is 0 Å². The van der Waals surface area contributed by atoms with Crippen molar-refractivity contribution in [1.82, 2.24) is 14.2 Å². The summed E-state index contributed by atoms with van der Waals surface area (Å²) < 4.78 is 46.5. The molecule has 3 aliphatic rings. The van der Waals surface area contributed by atoms with Crippen LogP contribution in [0, 0.1) is 11.2 Å². The molecule has 164 valence electrons. The minimum absolute atomic E-state index is 0.00829. The molecule has 1 aromatic heterocycles. The van der Waals surface area contributed by atoms with Crippen molar-refractivity contribution in [2.24, 2.45) is 5.41 Å². The highest BCUT2D eigenvalue weighted by Crippen LogP contribution is 2.52. The highest BCUT2D eigenvalue weighted by atomic mass is 35.5. The Morgan fingerprint density at radius 2 is 1.90 bits per heavy atom. The molecule has 5 rings (SSSR count). The summed E-state index contributed by atoms with van der Waals surface area (Å²) in [5.41, 5.74) is 0.212. The first kappa shape index (κ1) is 20.7. The van der Waals surface area contributed by atoms with E-state index in [-0.39, 0.29) is 39.3 Å². The van der Waals surface area contributed by atoms with Gasteiger partial charge in [-0.15, -0.1) is 0 Å². The number of benzene rings is 1. The number of carbonyl (C=O) groups is 1. The zero-order valence-corrected chi connectivity index (χ0v) is 18.4. The zero-order chi connectivity index (χ0) is 22.0. The number of ether oxygens (including phenoxy) is 1. The Hall–Kier alpha value is -2.23. The molecular weight excluding hydrogens is 445 g/mol. The Balaban J connectivity index is 1.29. The number of nitrogens with zero attached hydrogens (tertiary/aromatic N) is 3. The van der Waals surface area contributed by atoms with Crippen LogP contribution in [0.15, 0.2) is 41.3 Å². The number of rotatable bonds is 3. The van der Waals surface area contributed by atoms with Gasteiger partial charge in [-0.25, -0.2) is 17.8 Å². The lowest BCUT2D eigenvalue weighted by atomic mass is 9.61. The van der Waals surface area contributed by atoms with E-state index in [0.717, 1.165) is 6.07 Å². The normalized spacial score (nSPS) is 23.5. The van der Waals surface area contributed by atoms with E-state index < -0.39 is 15.8 Å². The first-order valence-corrected chi connectivity index (χ1v) is 11.9. The lowest BCUT2D eigenvalue weighted by Crippen LogP contribution is -2.68. The fourth-order valence-electron chi connectivity index (χ4n) is 4.90. The topological polar surface area (TPSA) is 79.8 Å². The number of carbonyl (C=O) groups excluding carboxylic acids is 1. The summed E-state index contributed by atoms with van der Waals surface area (Å²) in [4.78, 5) is 18.8. The molecule has 0 unspecified atom stereocenters. The summed E-state index contributed by atoms with van der Waals surface area (Å²) in [5, 5.41) is 0.265. The fraction of sp³-hybridized carbons (Fsp3) is 0.429. The molecule has 2 aromatic rings. The third kappa shape index (κ3) is 3.30. The highest BCUT2D eigenvalue weighted by molar-refractivity contribution is 7.89. The maximum Gasteiger partial charge on any atom is 0.259 e. The number of sulfonamides is 1. The average Bonchev–Trinajstić information content (AvgIpc) is 2.77. The summed E-state index contributed by atoms with van der Waals surface area (Å²) >= 11 is 5.93. The van der Waals surface area contributed by atoms with E-state index in [1.165, 1.54) is 22.5 Å². The molecule has 10 heteroatoms. The number of aromatic nitrogens is 1. The first-order chi connectivity index (χ1) is 14.7. The molecule has 1 saturated carbocycles. The van der Waals surface area contributed by atoms with Crippen molar-refractivity contribution in [3.05, 3.63) is 52.9 Å². The van der Waals surface area contributed by atoms with Crippen LogP contribution in [-0.4, -0.2) is 60.3 Å². The molecule has 3 heterocycles. The van der Waals surface area contributed by atoms with Gasteiger partial charge < -0.3 is 9.64 Å². The van der Waals surface area contributed by atoms with E-state index in [1.807, 2.05) is 11.8 Å². The van der Waals surface area contributed by atoms with Gasteiger partial charge in [0.2, 0.25) is 15.9 Å². The van der Waals surface area contributed by atoms with Crippen LogP contribution in [0.25, 0.3) is 0 Å². The third-order valence-electron chi connectivity index (χ3n) is 6.44. The van der Waals surface area contributed by atoms with E-state index >= 15 is 0 Å². The maximum atomic E-state index is 14.0. The van der Waals surface area contributed by atoms with E-state index in [0.29, 0.717) is 38.1 Å². The third-order valence-corrected chi connectivity index (χ3v) is 8.47. The van der Waals surface area contributed by atoms with Gasteiger partial charge in [0.25, 0.3) is 5.91 Å². The predicted octanol–water partition coefficient (Wildman–Crippen LogP) is 2.95. The molecule has 1 aromatic carbocycles. The molecule has 31 heavy (non-hydrogen) atoms. The Morgan fingerprint density at radius 1 is 1.19 bits per heavy atom. The van der Waals surface area contributed by atoms with Crippen molar-refractivity contribution >= 4 is 27.5 Å². The minimum atomic E-state index is -3.86. The quantitative estimate of drug-likeness (QED) is 0.651. The average molecular weight is 466 g/mol. The van der Waals surface area contributed by atoms with Crippen LogP contribution in [0.4, 0.5) is 4.39 Å². The molecule has 0 N–H and O–H groups in total. The van der Waals surface area contributed by atoms with E-state index in [2.05, 4.69) is 4.98 Å². The van der Waals surface area contributed by atoms with Gasteiger partial charge in [-0.2, -0.15) is 4.31 Å². The smallest absolute Gasteiger partial charge is 0.259 e. The summed E-state index contributed by atoms with van der Waals surface area (Å²) in [7, 11) is -3.86. The first-order valence-electron chi connectivity index (χ1n) is 10.1. The van der Waals surface area contributed by atoms with Crippen molar-refractivity contribution in [3.63, 3.8) is 0 Å². The van der Waals surface area contributed by atoms with Gasteiger partial charge in [-0.1, -0.05) is 23.7 Å². The summed E-state index contributed by atoms with van der Waals surface area (Å²) in [5.74, 6) is -0.655. The molecule has 2 fully saturated rings. The molecule has 0 bridgehead atoms. The van der Waals surface area contributed by atoms with E-state index in [1.54, 1.807) is 12.1 Å². The van der Waals surface area contributed by atoms with Crippen LogP contribution in [0.5, 0.6) is 5.88 Å². The van der Waals surface area contributed by atoms with Crippen LogP contribution in [0.1, 0.15) is 30.1 Å². The van der Waals surface area contributed by atoms with Gasteiger partial charge in [-0.05, 0) is 44.0 Å². The Bertz CT molecular complexity index is 1160. The Kier molecular flexibility index (Phi) is 4.76. The van der Waals surface area contributed by atoms with Gasteiger partial charge in [0, 0.05) is 24.5 Å². The predicted molar refractivity (Wildman–Crippen MR) is 111 cm³/mol. The van der Waals surface area contributed by atoms with Crippen LogP contribution in [0.2, 0.25) is 5.15 Å². The van der Waals surface area contributed by atoms with Gasteiger partial charge in [0.15, 0.2) is 0 Å². The van der Waals surface area contributed by atoms with Gasteiger partial charge in [-0.3, -0.25) is 4.79 Å². The van der Waals surface area contributed by atoms with E-state index in [4.69, 9.17) is 16.3 Å². The minimum Gasteiger partial charge on any atom is -0.475 e. The number of amides is 1. The second-order valence-electron chi connectivity index (χ2n) is 8.62. The monoisotopic (exact) mass is 465 g/mol. The van der Waals surface area contributed by atoms with Gasteiger partial charge in [0.1, 0.15) is 28.0 Å². The number of halogens is 2. The Morgan fingerprint density at radius 3 is 2.61 bits per heavy atom. The van der Waals surface area contributed by atoms with Crippen LogP contribution in [-0.2, 0) is 10.0 Å². The SMILES string of the molecule is C[C@@H]1COc2nc(Cl)ccc2C(=O)N1C1CC2(C1)CN(S(=O)(=O)c1ccccc1F)C2. The molecule has 0 radical (unpaired) electrons. The molecule has 7 nitrogen and oxygen atoms in total. The van der Waals surface area contributed by atoms with Gasteiger partial charge in [0.05, 0.1) is 6.04 Å². The number of hydrogen-bond acceptors (Lipinski definition) is 5. The summed E-state index contributed by atoms with van der Waals surface area (Å²) in [6.07, 6.45) is 1.39. The second kappa shape index (κ2) is 7.15. The molecular formula is C21H21ClFN3O4S. The second-order valence-corrected chi connectivity index (χ2v) is 10.9. The molecule has 1 atom stereocenters. The van der Waals surface area contributed by atoms with Crippen LogP contribution < -0.4 is 4.74 Å². The molecule has 1 amide bonds. The number of fused-ring (bicyclic) bond motifs is 1. The maximum absolute atomic E-state index is 14.0. The van der Waals surface area contributed by atoms with Crippen molar-refractivity contribution in [2.75, 3.05) is 19.7 Å². The molecule has 2 aliphatic heterocycles. The van der Waals surface area contributed by atoms with Crippen molar-refractivity contribution in [3.8, 4) is 5.88 Å². The lowest BCUT2D eigenvalue weighted by Gasteiger charge is -2.60. The fourth-order valence-corrected chi connectivity index (χ4v) is 6.77. The van der Waals surface area contributed by atoms with Crippen molar-refractivity contribution < 1.29 is 22.3 Å². The molecule has 1 saturated heterocycles. The Labute approximate surface area is 184 Å². The largest absolute Gasteiger partial charge is 0.475 e. The van der Waals surface area contributed by atoms with E-state index in [9.17, 15) is 17.6 Å². The highest BCUT2D eigenvalue weighted by Gasteiger charge is 2.58. The van der Waals surface area contributed by atoms with Gasteiger partial charge >= 0.3 is 0 Å². The van der Waals surface area contributed by atoms with Crippen molar-refractivity contribution in [1.29, 1.82) is 0 Å². The number of pyridine rings is 1. The summed E-state index contributed by atoms with van der Waals surface area (Å²) in [6, 6.07) is 8.44.